The molecule has 0 atom stereocenters. The summed E-state index contributed by atoms with van der Waals surface area (Å²) in [7, 11) is 0. The van der Waals surface area contributed by atoms with Crippen LogP contribution < -0.4 is 4.74 Å². The molecule has 1 heterocycles. The van der Waals surface area contributed by atoms with E-state index in [-0.39, 0.29) is 0 Å². The van der Waals surface area contributed by atoms with Crippen molar-refractivity contribution in [1.29, 1.82) is 0 Å². The average molecular weight is 252 g/mol. The lowest BCUT2D eigenvalue weighted by Crippen LogP contribution is -1.89. The molecular weight excluding hydrogens is 246 g/mol. The smallest absolute Gasteiger partial charge is 0.298 e. The Balaban J connectivity index is 2.57. The van der Waals surface area contributed by atoms with Crippen molar-refractivity contribution in [2.45, 2.75) is 0 Å². The van der Waals surface area contributed by atoms with Crippen LogP contribution in [0.15, 0.2) is 34.9 Å². The highest BCUT2D eigenvalue weighted by molar-refractivity contribution is 9.10. The van der Waals surface area contributed by atoms with Gasteiger partial charge in [-0.25, -0.2) is 0 Å². The van der Waals surface area contributed by atoms with Gasteiger partial charge < -0.3 is 4.74 Å². The van der Waals surface area contributed by atoms with E-state index in [1.165, 1.54) is 6.20 Å². The number of carbonyl (C=O) groups excluding carboxylic acids is 1. The van der Waals surface area contributed by atoms with Gasteiger partial charge in [0.15, 0.2) is 0 Å². The van der Waals surface area contributed by atoms with E-state index < -0.39 is 0 Å². The van der Waals surface area contributed by atoms with Gasteiger partial charge in [0, 0.05) is 9.86 Å². The number of hydrogen-bond donors (Lipinski definition) is 0. The molecule has 2 aromatic rings. The molecule has 14 heavy (non-hydrogen) atoms. The van der Waals surface area contributed by atoms with Crippen LogP contribution in [0.1, 0.15) is 0 Å². The van der Waals surface area contributed by atoms with E-state index in [0.717, 1.165) is 15.4 Å². The summed E-state index contributed by atoms with van der Waals surface area (Å²) in [5, 5.41) is 0.929. The van der Waals surface area contributed by atoms with Crippen LogP contribution in [-0.4, -0.2) is 11.5 Å². The highest BCUT2D eigenvalue weighted by Gasteiger charge is 1.98. The molecule has 2 rings (SSSR count). The number of benzene rings is 1. The van der Waals surface area contributed by atoms with E-state index in [9.17, 15) is 4.79 Å². The maximum Gasteiger partial charge on any atom is 0.298 e. The second-order valence-corrected chi connectivity index (χ2v) is 3.64. The fourth-order valence-corrected chi connectivity index (χ4v) is 1.58. The molecule has 4 heteroatoms. The quantitative estimate of drug-likeness (QED) is 0.771. The topological polar surface area (TPSA) is 39.2 Å². The summed E-state index contributed by atoms with van der Waals surface area (Å²) < 4.78 is 5.66. The number of aromatic nitrogens is 1. The first-order valence-corrected chi connectivity index (χ1v) is 4.74. The Morgan fingerprint density at radius 2 is 2.21 bits per heavy atom. The lowest BCUT2D eigenvalue weighted by atomic mass is 10.2. The van der Waals surface area contributed by atoms with Crippen LogP contribution in [0, 0.1) is 0 Å². The van der Waals surface area contributed by atoms with E-state index in [1.807, 2.05) is 18.2 Å². The van der Waals surface area contributed by atoms with Crippen LogP contribution in [0.5, 0.6) is 5.75 Å². The van der Waals surface area contributed by atoms with Crippen molar-refractivity contribution in [3.8, 4) is 5.75 Å². The van der Waals surface area contributed by atoms with Crippen molar-refractivity contribution in [2.24, 2.45) is 0 Å². The third kappa shape index (κ3) is 1.75. The molecule has 3 nitrogen and oxygen atoms in total. The Morgan fingerprint density at radius 3 is 3.00 bits per heavy atom. The van der Waals surface area contributed by atoms with Gasteiger partial charge in [-0.3, -0.25) is 9.78 Å². The molecular formula is C10H6BrNO2. The summed E-state index contributed by atoms with van der Waals surface area (Å²) in [6.45, 7) is 0.390. The van der Waals surface area contributed by atoms with Crippen LogP contribution in [0.3, 0.4) is 0 Å². The van der Waals surface area contributed by atoms with E-state index in [4.69, 9.17) is 4.74 Å². The van der Waals surface area contributed by atoms with Gasteiger partial charge in [0.25, 0.3) is 6.47 Å². The summed E-state index contributed by atoms with van der Waals surface area (Å²) >= 11 is 3.36. The summed E-state index contributed by atoms with van der Waals surface area (Å²) in [6, 6.07) is 7.49. The van der Waals surface area contributed by atoms with Gasteiger partial charge in [0.05, 0.1) is 11.7 Å². The zero-order valence-corrected chi connectivity index (χ0v) is 8.69. The average Bonchev–Trinajstić information content (AvgIpc) is 2.17. The number of ether oxygens (including phenoxy) is 1. The van der Waals surface area contributed by atoms with Crippen molar-refractivity contribution >= 4 is 33.3 Å². The molecule has 0 amide bonds. The Kier molecular flexibility index (Phi) is 2.45. The van der Waals surface area contributed by atoms with Gasteiger partial charge in [-0.2, -0.15) is 0 Å². The SMILES string of the molecule is O=COc1cnc2ccc(Br)cc2c1. The van der Waals surface area contributed by atoms with Crippen LogP contribution in [0.2, 0.25) is 0 Å². The van der Waals surface area contributed by atoms with E-state index in [1.54, 1.807) is 6.07 Å². The second kappa shape index (κ2) is 3.75. The van der Waals surface area contributed by atoms with Crippen LogP contribution in [0.25, 0.3) is 10.9 Å². The predicted octanol–water partition coefficient (Wildman–Crippen LogP) is 2.53. The van der Waals surface area contributed by atoms with Crippen LogP contribution in [-0.2, 0) is 4.79 Å². The van der Waals surface area contributed by atoms with E-state index in [2.05, 4.69) is 20.9 Å². The summed E-state index contributed by atoms with van der Waals surface area (Å²) in [6.07, 6.45) is 1.52. The summed E-state index contributed by atoms with van der Waals surface area (Å²) in [5.74, 6) is 0.450. The van der Waals surface area contributed by atoms with Crippen molar-refractivity contribution < 1.29 is 9.53 Å². The number of rotatable bonds is 2. The molecule has 70 valence electrons. The van der Waals surface area contributed by atoms with Crippen LogP contribution in [0.4, 0.5) is 0 Å². The van der Waals surface area contributed by atoms with Crippen molar-refractivity contribution in [3.05, 3.63) is 34.9 Å². The summed E-state index contributed by atoms with van der Waals surface area (Å²) in [5.41, 5.74) is 0.867. The molecule has 0 bridgehead atoms. The highest BCUT2D eigenvalue weighted by Crippen LogP contribution is 2.21. The van der Waals surface area contributed by atoms with E-state index >= 15 is 0 Å². The molecule has 0 saturated carbocycles. The monoisotopic (exact) mass is 251 g/mol. The number of nitrogens with zero attached hydrogens (tertiary/aromatic N) is 1. The lowest BCUT2D eigenvalue weighted by Gasteiger charge is -2.00. The zero-order chi connectivity index (χ0) is 9.97. The number of hydrogen-bond acceptors (Lipinski definition) is 3. The molecule has 0 spiro atoms. The molecule has 0 aliphatic carbocycles. The Bertz CT molecular complexity index is 485. The molecule has 0 radical (unpaired) electrons. The molecule has 1 aromatic carbocycles. The van der Waals surface area contributed by atoms with Crippen molar-refractivity contribution in [1.82, 2.24) is 4.98 Å². The maximum atomic E-state index is 10.1. The first-order valence-electron chi connectivity index (χ1n) is 3.95. The predicted molar refractivity (Wildman–Crippen MR) is 56.1 cm³/mol. The number of pyridine rings is 1. The highest BCUT2D eigenvalue weighted by atomic mass is 79.9. The molecule has 0 aliphatic rings. The Labute approximate surface area is 88.8 Å². The molecule has 0 saturated heterocycles. The Morgan fingerprint density at radius 1 is 1.36 bits per heavy atom. The van der Waals surface area contributed by atoms with Crippen LogP contribution >= 0.6 is 15.9 Å². The maximum absolute atomic E-state index is 10.1. The van der Waals surface area contributed by atoms with Gasteiger partial charge in [0.2, 0.25) is 0 Å². The second-order valence-electron chi connectivity index (χ2n) is 2.72. The van der Waals surface area contributed by atoms with Crippen molar-refractivity contribution in [2.75, 3.05) is 0 Å². The third-order valence-corrected chi connectivity index (χ3v) is 2.30. The van der Waals surface area contributed by atoms with E-state index in [0.29, 0.717) is 12.2 Å². The van der Waals surface area contributed by atoms with Crippen molar-refractivity contribution in [3.63, 3.8) is 0 Å². The number of halogens is 1. The van der Waals surface area contributed by atoms with Gasteiger partial charge in [-0.15, -0.1) is 0 Å². The number of carbonyl (C=O) groups is 1. The summed E-state index contributed by atoms with van der Waals surface area (Å²) in [4.78, 5) is 14.3. The zero-order valence-electron chi connectivity index (χ0n) is 7.11. The first-order chi connectivity index (χ1) is 6.79. The standard InChI is InChI=1S/C10H6BrNO2/c11-8-1-2-10-7(3-8)4-9(5-12-10)14-6-13/h1-6H. The molecule has 0 fully saturated rings. The lowest BCUT2D eigenvalue weighted by molar-refractivity contribution is -0.120. The molecule has 0 N–H and O–H groups in total. The molecule has 0 unspecified atom stereocenters. The van der Waals surface area contributed by atoms with Gasteiger partial charge in [-0.05, 0) is 24.3 Å². The molecule has 0 aliphatic heterocycles. The van der Waals surface area contributed by atoms with Gasteiger partial charge >= 0.3 is 0 Å². The Hall–Kier alpha value is -1.42. The largest absolute Gasteiger partial charge is 0.427 e. The minimum absolute atomic E-state index is 0.390. The molecule has 1 aromatic heterocycles. The van der Waals surface area contributed by atoms with Gasteiger partial charge in [0.1, 0.15) is 5.75 Å². The normalized spacial score (nSPS) is 10.1. The minimum atomic E-state index is 0.390. The first kappa shape index (κ1) is 9.15. The number of fused-ring (bicyclic) bond motifs is 1. The van der Waals surface area contributed by atoms with Gasteiger partial charge in [-0.1, -0.05) is 15.9 Å². The fourth-order valence-electron chi connectivity index (χ4n) is 1.20. The fraction of sp³-hybridized carbons (Fsp3) is 0. The third-order valence-electron chi connectivity index (χ3n) is 1.80. The minimum Gasteiger partial charge on any atom is -0.427 e.